The summed E-state index contributed by atoms with van der Waals surface area (Å²) < 4.78 is 5.00. The smallest absolute Gasteiger partial charge is 0.150 e. The number of nitrogens with zero attached hydrogens (tertiary/aromatic N) is 2. The molecule has 1 aliphatic rings. The van der Waals surface area contributed by atoms with Crippen LogP contribution in [0.5, 0.6) is 0 Å². The van der Waals surface area contributed by atoms with Gasteiger partial charge in [0, 0.05) is 12.1 Å². The molecule has 1 heterocycles. The number of nitriles is 1. The Hall–Kier alpha value is -1.34. The van der Waals surface area contributed by atoms with E-state index < -0.39 is 0 Å². The van der Waals surface area contributed by atoms with Crippen molar-refractivity contribution in [2.75, 3.05) is 0 Å². The van der Waals surface area contributed by atoms with Crippen molar-refractivity contribution in [2.45, 2.75) is 38.3 Å². The maximum Gasteiger partial charge on any atom is 0.150 e. The summed E-state index contributed by atoms with van der Waals surface area (Å²) in [4.78, 5) is 0. The van der Waals surface area contributed by atoms with Crippen molar-refractivity contribution < 1.29 is 4.52 Å². The summed E-state index contributed by atoms with van der Waals surface area (Å²) in [5.74, 6) is 0.985. The van der Waals surface area contributed by atoms with Crippen molar-refractivity contribution in [3.63, 3.8) is 0 Å². The Labute approximate surface area is 89.3 Å². The van der Waals surface area contributed by atoms with Gasteiger partial charge in [-0.25, -0.2) is 0 Å². The quantitative estimate of drug-likeness (QED) is 0.818. The fraction of sp³-hybridized carbons (Fsp3) is 0.636. The molecule has 1 fully saturated rings. The molecule has 1 saturated carbocycles. The number of aromatic nitrogens is 1. The van der Waals surface area contributed by atoms with Crippen LogP contribution >= 0.6 is 0 Å². The molecule has 2 rings (SSSR count). The normalized spacial score (nSPS) is 26.1. The van der Waals surface area contributed by atoms with Crippen molar-refractivity contribution in [2.24, 2.45) is 5.92 Å². The Kier molecular flexibility index (Phi) is 3.36. The Bertz CT molecular complexity index is 328. The molecular formula is C11H15N3O. The van der Waals surface area contributed by atoms with Gasteiger partial charge in [-0.05, 0) is 12.8 Å². The highest BCUT2D eigenvalue weighted by Gasteiger charge is 2.24. The monoisotopic (exact) mass is 205 g/mol. The van der Waals surface area contributed by atoms with Gasteiger partial charge in [0.15, 0.2) is 0 Å². The van der Waals surface area contributed by atoms with E-state index in [-0.39, 0.29) is 5.92 Å². The molecule has 1 aliphatic carbocycles. The first-order valence-electron chi connectivity index (χ1n) is 5.42. The van der Waals surface area contributed by atoms with E-state index in [9.17, 15) is 0 Å². The second-order valence-electron chi connectivity index (χ2n) is 3.99. The van der Waals surface area contributed by atoms with E-state index in [1.54, 1.807) is 6.20 Å². The van der Waals surface area contributed by atoms with E-state index in [4.69, 9.17) is 9.78 Å². The molecule has 2 atom stereocenters. The van der Waals surface area contributed by atoms with Gasteiger partial charge in [-0.2, -0.15) is 5.26 Å². The van der Waals surface area contributed by atoms with Crippen molar-refractivity contribution in [1.29, 1.82) is 5.26 Å². The van der Waals surface area contributed by atoms with Crippen LogP contribution in [0, 0.1) is 17.2 Å². The lowest BCUT2D eigenvalue weighted by Crippen LogP contribution is -2.37. The van der Waals surface area contributed by atoms with Crippen LogP contribution in [0.1, 0.15) is 31.4 Å². The molecule has 1 N–H and O–H groups in total. The van der Waals surface area contributed by atoms with Crippen LogP contribution in [0.4, 0.5) is 0 Å². The minimum absolute atomic E-state index is 0.154. The van der Waals surface area contributed by atoms with E-state index in [0.717, 1.165) is 18.6 Å². The molecule has 0 radical (unpaired) electrons. The second-order valence-corrected chi connectivity index (χ2v) is 3.99. The molecule has 0 amide bonds. The number of nitrogens with one attached hydrogen (secondary N) is 1. The number of hydrogen-bond acceptors (Lipinski definition) is 4. The maximum absolute atomic E-state index is 8.99. The van der Waals surface area contributed by atoms with E-state index >= 15 is 0 Å². The molecule has 0 spiro atoms. The van der Waals surface area contributed by atoms with E-state index in [1.165, 1.54) is 12.8 Å². The highest BCUT2D eigenvalue weighted by atomic mass is 16.5. The Morgan fingerprint density at radius 1 is 1.53 bits per heavy atom. The van der Waals surface area contributed by atoms with Gasteiger partial charge < -0.3 is 9.84 Å². The van der Waals surface area contributed by atoms with Crippen molar-refractivity contribution >= 4 is 0 Å². The molecule has 80 valence electrons. The van der Waals surface area contributed by atoms with Gasteiger partial charge in [0.1, 0.15) is 5.76 Å². The molecule has 0 saturated heterocycles. The highest BCUT2D eigenvalue weighted by molar-refractivity contribution is 4.97. The van der Waals surface area contributed by atoms with Crippen LogP contribution in [0.3, 0.4) is 0 Å². The summed E-state index contributed by atoms with van der Waals surface area (Å²) in [5.41, 5.74) is 0. The van der Waals surface area contributed by atoms with E-state index in [0.29, 0.717) is 12.6 Å². The largest absolute Gasteiger partial charge is 0.360 e. The molecule has 15 heavy (non-hydrogen) atoms. The minimum atomic E-state index is 0.154. The Balaban J connectivity index is 1.85. The molecule has 0 aliphatic heterocycles. The Morgan fingerprint density at radius 3 is 3.13 bits per heavy atom. The second kappa shape index (κ2) is 4.94. The van der Waals surface area contributed by atoms with Gasteiger partial charge in [-0.3, -0.25) is 0 Å². The van der Waals surface area contributed by atoms with Crippen LogP contribution in [0.25, 0.3) is 0 Å². The predicted octanol–water partition coefficient (Wildman–Crippen LogP) is 1.85. The number of hydrogen-bond donors (Lipinski definition) is 1. The summed E-state index contributed by atoms with van der Waals surface area (Å²) >= 11 is 0. The molecule has 0 bridgehead atoms. The van der Waals surface area contributed by atoms with E-state index in [1.807, 2.05) is 6.07 Å². The Morgan fingerprint density at radius 2 is 2.40 bits per heavy atom. The van der Waals surface area contributed by atoms with Crippen molar-refractivity contribution in [1.82, 2.24) is 10.5 Å². The third kappa shape index (κ3) is 2.57. The number of rotatable bonds is 3. The average molecular weight is 205 g/mol. The summed E-state index contributed by atoms with van der Waals surface area (Å²) in [6, 6.07) is 4.53. The topological polar surface area (TPSA) is 61.9 Å². The van der Waals surface area contributed by atoms with Gasteiger partial charge in [-0.1, -0.05) is 18.0 Å². The summed E-state index contributed by atoms with van der Waals surface area (Å²) in [7, 11) is 0. The zero-order chi connectivity index (χ0) is 10.5. The van der Waals surface area contributed by atoms with Crippen LogP contribution in [-0.4, -0.2) is 11.2 Å². The molecule has 2 unspecified atom stereocenters. The fourth-order valence-electron chi connectivity index (χ4n) is 2.09. The van der Waals surface area contributed by atoms with E-state index in [2.05, 4.69) is 16.5 Å². The first-order chi connectivity index (χ1) is 7.40. The van der Waals surface area contributed by atoms with Crippen LogP contribution in [-0.2, 0) is 6.54 Å². The zero-order valence-electron chi connectivity index (χ0n) is 8.65. The molecule has 0 aromatic carbocycles. The molecule has 4 nitrogen and oxygen atoms in total. The third-order valence-electron chi connectivity index (χ3n) is 2.96. The van der Waals surface area contributed by atoms with Gasteiger partial charge in [0.25, 0.3) is 0 Å². The molecule has 1 aromatic rings. The summed E-state index contributed by atoms with van der Waals surface area (Å²) in [6.07, 6.45) is 6.14. The average Bonchev–Trinajstić information content (AvgIpc) is 2.79. The lowest BCUT2D eigenvalue weighted by molar-refractivity contribution is 0.293. The minimum Gasteiger partial charge on any atom is -0.360 e. The lowest BCUT2D eigenvalue weighted by atomic mass is 9.85. The summed E-state index contributed by atoms with van der Waals surface area (Å²) in [6.45, 7) is 0.669. The third-order valence-corrected chi connectivity index (χ3v) is 2.96. The first kappa shape index (κ1) is 10.2. The predicted molar refractivity (Wildman–Crippen MR) is 54.7 cm³/mol. The van der Waals surface area contributed by atoms with Gasteiger partial charge in [0.2, 0.25) is 0 Å². The van der Waals surface area contributed by atoms with Crippen molar-refractivity contribution in [3.8, 4) is 6.07 Å². The fourth-order valence-corrected chi connectivity index (χ4v) is 2.09. The lowest BCUT2D eigenvalue weighted by Gasteiger charge is -2.27. The first-order valence-corrected chi connectivity index (χ1v) is 5.42. The maximum atomic E-state index is 8.99. The van der Waals surface area contributed by atoms with Crippen molar-refractivity contribution in [3.05, 3.63) is 18.0 Å². The summed E-state index contributed by atoms with van der Waals surface area (Å²) in [5, 5.41) is 16.0. The van der Waals surface area contributed by atoms with Gasteiger partial charge >= 0.3 is 0 Å². The van der Waals surface area contributed by atoms with Crippen LogP contribution in [0.2, 0.25) is 0 Å². The standard InChI is InChI=1S/C11H15N3O/c12-7-9-3-1-2-4-11(9)13-8-10-5-6-14-15-10/h5-6,9,11,13H,1-4,8H2. The SMILES string of the molecule is N#CC1CCCCC1NCc1ccno1. The zero-order valence-corrected chi connectivity index (χ0v) is 8.65. The molecule has 4 heteroatoms. The molecule has 1 aromatic heterocycles. The van der Waals surface area contributed by atoms with Crippen LogP contribution < -0.4 is 5.32 Å². The van der Waals surface area contributed by atoms with Gasteiger partial charge in [-0.15, -0.1) is 0 Å². The van der Waals surface area contributed by atoms with Crippen LogP contribution in [0.15, 0.2) is 16.8 Å². The van der Waals surface area contributed by atoms with Gasteiger partial charge in [0.05, 0.1) is 24.7 Å². The molecular weight excluding hydrogens is 190 g/mol. The highest BCUT2D eigenvalue weighted by Crippen LogP contribution is 2.23.